The van der Waals surface area contributed by atoms with Crippen LogP contribution < -0.4 is 10.1 Å². The Morgan fingerprint density at radius 2 is 1.68 bits per heavy atom. The Labute approximate surface area is 185 Å². The highest BCUT2D eigenvalue weighted by molar-refractivity contribution is 7.89. The summed E-state index contributed by atoms with van der Waals surface area (Å²) >= 11 is 0. The molecule has 1 fully saturated rings. The third-order valence-electron chi connectivity index (χ3n) is 5.50. The number of carbonyl (C=O) groups is 1. The van der Waals surface area contributed by atoms with Crippen LogP contribution in [0.4, 0.5) is 0 Å². The zero-order valence-electron chi connectivity index (χ0n) is 18.3. The third kappa shape index (κ3) is 5.86. The van der Waals surface area contributed by atoms with Crippen molar-refractivity contribution in [3.8, 4) is 5.75 Å². The summed E-state index contributed by atoms with van der Waals surface area (Å²) < 4.78 is 34.2. The van der Waals surface area contributed by atoms with Crippen molar-refractivity contribution in [1.29, 1.82) is 0 Å². The van der Waals surface area contributed by atoms with Gasteiger partial charge in [0.05, 0.1) is 11.5 Å². The molecule has 6 nitrogen and oxygen atoms in total. The lowest BCUT2D eigenvalue weighted by atomic mass is 10.1. The van der Waals surface area contributed by atoms with Crippen LogP contribution in [-0.4, -0.2) is 37.8 Å². The van der Waals surface area contributed by atoms with Gasteiger partial charge in [-0.25, -0.2) is 8.42 Å². The number of nitrogens with one attached hydrogen (secondary N) is 1. The van der Waals surface area contributed by atoms with Gasteiger partial charge in [-0.2, -0.15) is 4.31 Å². The van der Waals surface area contributed by atoms with E-state index in [1.165, 1.54) is 4.31 Å². The van der Waals surface area contributed by atoms with Gasteiger partial charge in [0.25, 0.3) is 0 Å². The quantitative estimate of drug-likeness (QED) is 0.637. The molecule has 2 aromatic rings. The Bertz CT molecular complexity index is 956. The van der Waals surface area contributed by atoms with Crippen LogP contribution in [0.25, 0.3) is 0 Å². The number of hydrogen-bond acceptors (Lipinski definition) is 4. The molecule has 0 bridgehead atoms. The molecular formula is C24H32N2O4S. The molecule has 0 aromatic heterocycles. The third-order valence-corrected chi connectivity index (χ3v) is 7.36. The predicted octanol–water partition coefficient (Wildman–Crippen LogP) is 3.90. The van der Waals surface area contributed by atoms with E-state index in [2.05, 4.69) is 12.2 Å². The SMILES string of the molecule is CCCc1ccc(S(=O)(=O)N(Cc2ccc(OCC)cc2)[C@@H]2CCCCNC2=O)cc1. The normalized spacial score (nSPS) is 17.3. The molecule has 168 valence electrons. The number of aryl methyl sites for hydroxylation is 1. The molecule has 0 spiro atoms. The van der Waals surface area contributed by atoms with Crippen molar-refractivity contribution >= 4 is 15.9 Å². The number of hydrogen-bond donors (Lipinski definition) is 1. The van der Waals surface area contributed by atoms with Crippen molar-refractivity contribution in [3.05, 3.63) is 59.7 Å². The molecule has 31 heavy (non-hydrogen) atoms. The number of benzene rings is 2. The van der Waals surface area contributed by atoms with Crippen LogP contribution in [0.5, 0.6) is 5.75 Å². The van der Waals surface area contributed by atoms with Crippen molar-refractivity contribution in [3.63, 3.8) is 0 Å². The first kappa shape index (κ1) is 23.3. The Hall–Kier alpha value is -2.38. The topological polar surface area (TPSA) is 75.7 Å². The zero-order valence-corrected chi connectivity index (χ0v) is 19.2. The maximum absolute atomic E-state index is 13.7. The molecule has 1 N–H and O–H groups in total. The van der Waals surface area contributed by atoms with Crippen LogP contribution >= 0.6 is 0 Å². The van der Waals surface area contributed by atoms with E-state index < -0.39 is 16.1 Å². The second-order valence-corrected chi connectivity index (χ2v) is 9.71. The molecule has 0 unspecified atom stereocenters. The summed E-state index contributed by atoms with van der Waals surface area (Å²) in [6, 6.07) is 13.7. The molecular weight excluding hydrogens is 412 g/mol. The average molecular weight is 445 g/mol. The number of carbonyl (C=O) groups excluding carboxylic acids is 1. The van der Waals surface area contributed by atoms with Gasteiger partial charge in [-0.15, -0.1) is 0 Å². The van der Waals surface area contributed by atoms with Crippen LogP contribution in [-0.2, 0) is 27.8 Å². The van der Waals surface area contributed by atoms with Crippen molar-refractivity contribution in [2.45, 2.75) is 63.4 Å². The molecule has 1 aliphatic rings. The van der Waals surface area contributed by atoms with E-state index in [1.807, 2.05) is 43.3 Å². The fraction of sp³-hybridized carbons (Fsp3) is 0.458. The van der Waals surface area contributed by atoms with Gasteiger partial charge in [0, 0.05) is 13.1 Å². The van der Waals surface area contributed by atoms with Crippen molar-refractivity contribution in [1.82, 2.24) is 9.62 Å². The van der Waals surface area contributed by atoms with E-state index in [1.54, 1.807) is 12.1 Å². The molecule has 0 radical (unpaired) electrons. The van der Waals surface area contributed by atoms with Gasteiger partial charge in [-0.05, 0) is 68.0 Å². The summed E-state index contributed by atoms with van der Waals surface area (Å²) in [4.78, 5) is 13.0. The van der Waals surface area contributed by atoms with E-state index in [0.29, 0.717) is 19.6 Å². The Morgan fingerprint density at radius 1 is 1.00 bits per heavy atom. The van der Waals surface area contributed by atoms with Gasteiger partial charge < -0.3 is 10.1 Å². The van der Waals surface area contributed by atoms with Gasteiger partial charge in [-0.1, -0.05) is 37.6 Å². The average Bonchev–Trinajstić information content (AvgIpc) is 2.98. The Morgan fingerprint density at radius 3 is 2.32 bits per heavy atom. The van der Waals surface area contributed by atoms with E-state index >= 15 is 0 Å². The summed E-state index contributed by atoms with van der Waals surface area (Å²) in [6.45, 7) is 5.28. The van der Waals surface area contributed by atoms with Crippen LogP contribution in [0, 0.1) is 0 Å². The molecule has 2 aromatic carbocycles. The van der Waals surface area contributed by atoms with Crippen molar-refractivity contribution in [2.24, 2.45) is 0 Å². The van der Waals surface area contributed by atoms with Gasteiger partial charge in [-0.3, -0.25) is 4.79 Å². The number of nitrogens with zero attached hydrogens (tertiary/aromatic N) is 1. The second kappa shape index (κ2) is 10.8. The summed E-state index contributed by atoms with van der Waals surface area (Å²) in [7, 11) is -3.86. The molecule has 1 saturated heterocycles. The molecule has 3 rings (SSSR count). The van der Waals surface area contributed by atoms with Crippen LogP contribution in [0.3, 0.4) is 0 Å². The van der Waals surface area contributed by atoms with Crippen molar-refractivity contribution < 1.29 is 17.9 Å². The molecule has 0 aliphatic carbocycles. The van der Waals surface area contributed by atoms with Gasteiger partial charge >= 0.3 is 0 Å². The van der Waals surface area contributed by atoms with Crippen LogP contribution in [0.15, 0.2) is 53.4 Å². The van der Waals surface area contributed by atoms with Gasteiger partial charge in [0.15, 0.2) is 0 Å². The molecule has 1 atom stereocenters. The fourth-order valence-electron chi connectivity index (χ4n) is 3.85. The molecule has 0 saturated carbocycles. The van der Waals surface area contributed by atoms with E-state index in [-0.39, 0.29) is 17.3 Å². The minimum absolute atomic E-state index is 0.129. The highest BCUT2D eigenvalue weighted by Gasteiger charge is 2.36. The highest BCUT2D eigenvalue weighted by Crippen LogP contribution is 2.26. The summed E-state index contributed by atoms with van der Waals surface area (Å²) in [5, 5.41) is 2.87. The number of sulfonamides is 1. The fourth-order valence-corrected chi connectivity index (χ4v) is 5.46. The van der Waals surface area contributed by atoms with E-state index in [9.17, 15) is 13.2 Å². The Kier molecular flexibility index (Phi) is 8.09. The van der Waals surface area contributed by atoms with Crippen molar-refractivity contribution in [2.75, 3.05) is 13.2 Å². The largest absolute Gasteiger partial charge is 0.494 e. The lowest BCUT2D eigenvalue weighted by Gasteiger charge is -2.29. The summed E-state index contributed by atoms with van der Waals surface area (Å²) in [5.74, 6) is 0.508. The molecule has 1 aliphatic heterocycles. The lowest BCUT2D eigenvalue weighted by molar-refractivity contribution is -0.124. The summed E-state index contributed by atoms with van der Waals surface area (Å²) in [6.07, 6.45) is 4.06. The Balaban J connectivity index is 1.94. The number of rotatable bonds is 9. The highest BCUT2D eigenvalue weighted by atomic mass is 32.2. The lowest BCUT2D eigenvalue weighted by Crippen LogP contribution is -2.48. The van der Waals surface area contributed by atoms with Crippen LogP contribution in [0.1, 0.15) is 50.7 Å². The monoisotopic (exact) mass is 444 g/mol. The first-order chi connectivity index (χ1) is 15.0. The number of amides is 1. The molecule has 7 heteroatoms. The first-order valence-electron chi connectivity index (χ1n) is 11.1. The second-order valence-electron chi connectivity index (χ2n) is 7.82. The van der Waals surface area contributed by atoms with E-state index in [4.69, 9.17) is 4.74 Å². The first-order valence-corrected chi connectivity index (χ1v) is 12.5. The molecule has 1 amide bonds. The van der Waals surface area contributed by atoms with E-state index in [0.717, 1.165) is 42.6 Å². The number of ether oxygens (including phenoxy) is 1. The summed E-state index contributed by atoms with van der Waals surface area (Å²) in [5.41, 5.74) is 1.92. The van der Waals surface area contributed by atoms with Gasteiger partial charge in [0.2, 0.25) is 15.9 Å². The van der Waals surface area contributed by atoms with Gasteiger partial charge in [0.1, 0.15) is 11.8 Å². The minimum Gasteiger partial charge on any atom is -0.494 e. The standard InChI is InChI=1S/C24H32N2O4S/c1-3-7-19-11-15-22(16-12-19)31(28,29)26(23-8-5-6-17-25-24(23)27)18-20-9-13-21(14-10-20)30-4-2/h9-16,23H,3-8,17-18H2,1-2H3,(H,25,27)/t23-/m1/s1. The molecule has 1 heterocycles. The zero-order chi connectivity index (χ0) is 22.3. The van der Waals surface area contributed by atoms with Crippen LogP contribution in [0.2, 0.25) is 0 Å². The predicted molar refractivity (Wildman–Crippen MR) is 121 cm³/mol. The maximum Gasteiger partial charge on any atom is 0.244 e. The maximum atomic E-state index is 13.7. The minimum atomic E-state index is -3.86. The smallest absolute Gasteiger partial charge is 0.244 e.